The van der Waals surface area contributed by atoms with Gasteiger partial charge in [0.2, 0.25) is 11.8 Å². The second-order valence-electron chi connectivity index (χ2n) is 5.40. The van der Waals surface area contributed by atoms with Crippen LogP contribution in [0.4, 0.5) is 4.39 Å². The zero-order valence-corrected chi connectivity index (χ0v) is 12.3. The zero-order valence-electron chi connectivity index (χ0n) is 12.3. The average molecular weight is 304 g/mol. The van der Waals surface area contributed by atoms with Gasteiger partial charge in [0.05, 0.1) is 6.04 Å². The van der Waals surface area contributed by atoms with Crippen molar-refractivity contribution in [2.24, 2.45) is 0 Å². The minimum atomic E-state index is -0.660. The number of likely N-dealkylation sites (tertiary alicyclic amines) is 1. The number of carbonyl (C=O) groups excluding carboxylic acids is 1. The summed E-state index contributed by atoms with van der Waals surface area (Å²) in [6, 6.07) is 2.45. The molecule has 2 aromatic rings. The number of hydrogen-bond acceptors (Lipinski definition) is 5. The van der Waals surface area contributed by atoms with E-state index < -0.39 is 5.95 Å². The van der Waals surface area contributed by atoms with Crippen LogP contribution >= 0.6 is 0 Å². The quantitative estimate of drug-likeness (QED) is 0.798. The molecule has 1 saturated heterocycles. The molecule has 1 unspecified atom stereocenters. The maximum Gasteiger partial charge on any atom is 0.254 e. The van der Waals surface area contributed by atoms with Gasteiger partial charge in [-0.1, -0.05) is 18.0 Å². The van der Waals surface area contributed by atoms with E-state index in [0.717, 1.165) is 31.7 Å². The summed E-state index contributed by atoms with van der Waals surface area (Å²) >= 11 is 0. The van der Waals surface area contributed by atoms with Crippen LogP contribution in [0, 0.1) is 12.9 Å². The van der Waals surface area contributed by atoms with E-state index in [4.69, 9.17) is 4.52 Å². The summed E-state index contributed by atoms with van der Waals surface area (Å²) in [6.07, 6.45) is 5.02. The third-order valence-electron chi connectivity index (χ3n) is 3.83. The molecule has 1 aliphatic rings. The van der Waals surface area contributed by atoms with Crippen molar-refractivity contribution in [3.8, 4) is 0 Å². The van der Waals surface area contributed by atoms with Gasteiger partial charge in [0.1, 0.15) is 0 Å². The molecule has 0 aliphatic carbocycles. The Morgan fingerprint density at radius 1 is 1.41 bits per heavy atom. The van der Waals surface area contributed by atoms with E-state index in [9.17, 15) is 9.18 Å². The van der Waals surface area contributed by atoms with Crippen molar-refractivity contribution in [1.29, 1.82) is 0 Å². The molecule has 2 aromatic heterocycles. The maximum absolute atomic E-state index is 13.3. The Kier molecular flexibility index (Phi) is 4.13. The summed E-state index contributed by atoms with van der Waals surface area (Å²) < 4.78 is 18.3. The maximum atomic E-state index is 13.3. The highest BCUT2D eigenvalue weighted by molar-refractivity contribution is 5.94. The van der Waals surface area contributed by atoms with Gasteiger partial charge in [-0.15, -0.1) is 0 Å². The summed E-state index contributed by atoms with van der Waals surface area (Å²) in [4.78, 5) is 22.2. The smallest absolute Gasteiger partial charge is 0.254 e. The van der Waals surface area contributed by atoms with Gasteiger partial charge in [-0.2, -0.15) is 9.37 Å². The largest absolute Gasteiger partial charge is 0.340 e. The van der Waals surface area contributed by atoms with Crippen molar-refractivity contribution in [3.63, 3.8) is 0 Å². The molecule has 0 spiro atoms. The normalized spacial score (nSPS) is 19.0. The third-order valence-corrected chi connectivity index (χ3v) is 3.83. The first-order chi connectivity index (χ1) is 10.6. The molecule has 0 N–H and O–H groups in total. The standard InChI is InChI=1S/C15H17FN4O2/c1-10-18-14(19-22-10)12-5-3-2-4-8-20(12)15(21)11-6-7-17-13(16)9-11/h6-7,9,12H,2-5,8H2,1H3. The van der Waals surface area contributed by atoms with Gasteiger partial charge in [-0.25, -0.2) is 4.98 Å². The Morgan fingerprint density at radius 2 is 2.27 bits per heavy atom. The van der Waals surface area contributed by atoms with Crippen LogP contribution in [-0.4, -0.2) is 32.5 Å². The molecule has 0 saturated carbocycles. The topological polar surface area (TPSA) is 72.1 Å². The number of nitrogens with zero attached hydrogens (tertiary/aromatic N) is 4. The fraction of sp³-hybridized carbons (Fsp3) is 0.467. The number of aryl methyl sites for hydroxylation is 1. The van der Waals surface area contributed by atoms with Gasteiger partial charge in [0.15, 0.2) is 5.82 Å². The van der Waals surface area contributed by atoms with Gasteiger partial charge in [0, 0.05) is 31.3 Å². The molecule has 7 heteroatoms. The van der Waals surface area contributed by atoms with E-state index in [-0.39, 0.29) is 11.9 Å². The first kappa shape index (κ1) is 14.6. The van der Waals surface area contributed by atoms with E-state index in [0.29, 0.717) is 23.8 Å². The van der Waals surface area contributed by atoms with E-state index in [1.807, 2.05) is 0 Å². The molecule has 0 radical (unpaired) electrons. The van der Waals surface area contributed by atoms with Crippen LogP contribution in [0.3, 0.4) is 0 Å². The first-order valence-corrected chi connectivity index (χ1v) is 7.38. The fourth-order valence-electron chi connectivity index (χ4n) is 2.77. The van der Waals surface area contributed by atoms with E-state index in [1.165, 1.54) is 12.3 Å². The van der Waals surface area contributed by atoms with E-state index >= 15 is 0 Å². The van der Waals surface area contributed by atoms with Crippen LogP contribution in [0.2, 0.25) is 0 Å². The highest BCUT2D eigenvalue weighted by atomic mass is 19.1. The Hall–Kier alpha value is -2.31. The number of rotatable bonds is 2. The molecule has 3 heterocycles. The lowest BCUT2D eigenvalue weighted by Gasteiger charge is -2.27. The van der Waals surface area contributed by atoms with Gasteiger partial charge < -0.3 is 9.42 Å². The predicted molar refractivity (Wildman–Crippen MR) is 75.5 cm³/mol. The van der Waals surface area contributed by atoms with Crippen LogP contribution in [0.1, 0.15) is 53.8 Å². The molecule has 1 aliphatic heterocycles. The first-order valence-electron chi connectivity index (χ1n) is 7.38. The minimum absolute atomic E-state index is 0.226. The van der Waals surface area contributed by atoms with E-state index in [1.54, 1.807) is 11.8 Å². The monoisotopic (exact) mass is 304 g/mol. The van der Waals surface area contributed by atoms with Crippen molar-refractivity contribution in [2.45, 2.75) is 38.6 Å². The van der Waals surface area contributed by atoms with E-state index in [2.05, 4.69) is 15.1 Å². The Labute approximate surface area is 127 Å². The molecule has 3 rings (SSSR count). The number of halogens is 1. The van der Waals surface area contributed by atoms with Crippen LogP contribution in [0.25, 0.3) is 0 Å². The number of hydrogen-bond donors (Lipinski definition) is 0. The SMILES string of the molecule is Cc1nc(C2CCCCCN2C(=O)c2ccnc(F)c2)no1. The lowest BCUT2D eigenvalue weighted by molar-refractivity contribution is 0.0669. The van der Waals surface area contributed by atoms with Crippen LogP contribution < -0.4 is 0 Å². The Bertz CT molecular complexity index is 673. The predicted octanol–water partition coefficient (Wildman–Crippen LogP) is 2.67. The summed E-state index contributed by atoms with van der Waals surface area (Å²) in [5.74, 6) is 0.104. The highest BCUT2D eigenvalue weighted by Crippen LogP contribution is 2.29. The summed E-state index contributed by atoms with van der Waals surface area (Å²) in [5.41, 5.74) is 0.291. The molecule has 1 amide bonds. The van der Waals surface area contributed by atoms with Crippen molar-refractivity contribution in [1.82, 2.24) is 20.0 Å². The minimum Gasteiger partial charge on any atom is -0.340 e. The Morgan fingerprint density at radius 3 is 3.00 bits per heavy atom. The second-order valence-corrected chi connectivity index (χ2v) is 5.40. The molecular weight excluding hydrogens is 287 g/mol. The second kappa shape index (κ2) is 6.21. The number of aromatic nitrogens is 3. The van der Waals surface area contributed by atoms with Crippen molar-refractivity contribution in [2.75, 3.05) is 6.54 Å². The molecule has 1 fully saturated rings. The third kappa shape index (κ3) is 2.98. The Balaban J connectivity index is 1.91. The fourth-order valence-corrected chi connectivity index (χ4v) is 2.77. The molecule has 6 nitrogen and oxygen atoms in total. The summed E-state index contributed by atoms with van der Waals surface area (Å²) in [7, 11) is 0. The molecule has 0 bridgehead atoms. The molecular formula is C15H17FN4O2. The number of carbonyl (C=O) groups is 1. The summed E-state index contributed by atoms with van der Waals surface area (Å²) in [5, 5.41) is 3.96. The van der Waals surface area contributed by atoms with Crippen LogP contribution in [-0.2, 0) is 0 Å². The summed E-state index contributed by atoms with van der Waals surface area (Å²) in [6.45, 7) is 2.32. The lowest BCUT2D eigenvalue weighted by atomic mass is 10.1. The zero-order chi connectivity index (χ0) is 15.5. The highest BCUT2D eigenvalue weighted by Gasteiger charge is 2.30. The molecule has 0 aromatic carbocycles. The van der Waals surface area contributed by atoms with Gasteiger partial charge in [0.25, 0.3) is 5.91 Å². The van der Waals surface area contributed by atoms with Crippen LogP contribution in [0.15, 0.2) is 22.9 Å². The van der Waals surface area contributed by atoms with Gasteiger partial charge in [-0.3, -0.25) is 4.79 Å². The van der Waals surface area contributed by atoms with Gasteiger partial charge in [-0.05, 0) is 18.9 Å². The average Bonchev–Trinajstić information content (AvgIpc) is 2.80. The molecule has 1 atom stereocenters. The molecule has 22 heavy (non-hydrogen) atoms. The number of pyridine rings is 1. The molecule has 116 valence electrons. The van der Waals surface area contributed by atoms with Gasteiger partial charge >= 0.3 is 0 Å². The van der Waals surface area contributed by atoms with Crippen molar-refractivity contribution in [3.05, 3.63) is 41.6 Å². The van der Waals surface area contributed by atoms with Crippen molar-refractivity contribution >= 4 is 5.91 Å². The number of amides is 1. The van der Waals surface area contributed by atoms with Crippen LogP contribution in [0.5, 0.6) is 0 Å². The van der Waals surface area contributed by atoms with Crippen molar-refractivity contribution < 1.29 is 13.7 Å². The lowest BCUT2D eigenvalue weighted by Crippen LogP contribution is -2.35.